The van der Waals surface area contributed by atoms with Crippen LogP contribution in [0.25, 0.3) is 10.1 Å². The Kier molecular flexibility index (Phi) is 7.16. The highest BCUT2D eigenvalue weighted by Crippen LogP contribution is 2.37. The quantitative estimate of drug-likeness (QED) is 0.296. The third-order valence-corrected chi connectivity index (χ3v) is 5.90. The van der Waals surface area contributed by atoms with E-state index in [2.05, 4.69) is 4.98 Å². The SMILES string of the molecule is CCOC(=O)Oc1cnc(N)c2c(COc3cccc(OCc4cccc(Cl)c4)c3)csc12. The van der Waals surface area contributed by atoms with Gasteiger partial charge in [-0.05, 0) is 42.1 Å². The van der Waals surface area contributed by atoms with E-state index in [9.17, 15) is 4.79 Å². The normalized spacial score (nSPS) is 10.7. The summed E-state index contributed by atoms with van der Waals surface area (Å²) in [6.07, 6.45) is 0.627. The van der Waals surface area contributed by atoms with Crippen LogP contribution in [0.3, 0.4) is 0 Å². The zero-order valence-electron chi connectivity index (χ0n) is 17.7. The van der Waals surface area contributed by atoms with Gasteiger partial charge in [0.25, 0.3) is 0 Å². The van der Waals surface area contributed by atoms with Crippen LogP contribution in [0.2, 0.25) is 5.02 Å². The maximum atomic E-state index is 11.7. The Bertz CT molecular complexity index is 1280. The van der Waals surface area contributed by atoms with Gasteiger partial charge in [0.2, 0.25) is 0 Å². The van der Waals surface area contributed by atoms with E-state index in [0.717, 1.165) is 11.1 Å². The van der Waals surface area contributed by atoms with Crippen LogP contribution >= 0.6 is 22.9 Å². The molecule has 0 fully saturated rings. The minimum absolute atomic E-state index is 0.218. The number of benzene rings is 2. The van der Waals surface area contributed by atoms with E-state index in [1.807, 2.05) is 53.9 Å². The molecule has 0 aliphatic carbocycles. The fourth-order valence-electron chi connectivity index (χ4n) is 3.13. The van der Waals surface area contributed by atoms with Gasteiger partial charge in [-0.25, -0.2) is 9.78 Å². The topological polar surface area (TPSA) is 92.9 Å². The second-order valence-corrected chi connectivity index (χ2v) is 8.26. The fraction of sp³-hybridized carbons (Fsp3) is 0.167. The lowest BCUT2D eigenvalue weighted by Gasteiger charge is -2.10. The molecule has 0 spiro atoms. The van der Waals surface area contributed by atoms with Crippen LogP contribution in [-0.4, -0.2) is 17.7 Å². The molecule has 0 unspecified atom stereocenters. The smallest absolute Gasteiger partial charge is 0.489 e. The van der Waals surface area contributed by atoms with E-state index in [-0.39, 0.29) is 13.2 Å². The number of hydrogen-bond acceptors (Lipinski definition) is 8. The Hall–Kier alpha value is -3.49. The lowest BCUT2D eigenvalue weighted by molar-refractivity contribution is 0.105. The summed E-state index contributed by atoms with van der Waals surface area (Å²) in [6.45, 7) is 2.57. The number of nitrogen functional groups attached to an aromatic ring is 1. The Morgan fingerprint density at radius 1 is 1.09 bits per heavy atom. The number of anilines is 1. The number of thiophene rings is 1. The summed E-state index contributed by atoms with van der Waals surface area (Å²) in [7, 11) is 0. The van der Waals surface area contributed by atoms with Gasteiger partial charge in [0, 0.05) is 22.0 Å². The number of halogens is 1. The number of hydrogen-bond donors (Lipinski definition) is 1. The molecule has 2 aromatic carbocycles. The summed E-state index contributed by atoms with van der Waals surface area (Å²) in [5, 5.41) is 3.26. The first-order valence-electron chi connectivity index (χ1n) is 10.1. The minimum atomic E-state index is -0.786. The first-order chi connectivity index (χ1) is 16.0. The van der Waals surface area contributed by atoms with Crippen molar-refractivity contribution in [2.45, 2.75) is 20.1 Å². The first kappa shape index (κ1) is 22.7. The molecule has 4 aromatic rings. The highest BCUT2D eigenvalue weighted by atomic mass is 35.5. The molecule has 0 radical (unpaired) electrons. The van der Waals surface area contributed by atoms with Gasteiger partial charge >= 0.3 is 6.16 Å². The molecule has 2 aromatic heterocycles. The van der Waals surface area contributed by atoms with E-state index in [1.54, 1.807) is 6.92 Å². The molecule has 4 rings (SSSR count). The monoisotopic (exact) mass is 484 g/mol. The Morgan fingerprint density at radius 3 is 2.61 bits per heavy atom. The largest absolute Gasteiger partial charge is 0.513 e. The van der Waals surface area contributed by atoms with Crippen LogP contribution < -0.4 is 19.9 Å². The number of pyridine rings is 1. The summed E-state index contributed by atoms with van der Waals surface area (Å²) in [5.41, 5.74) is 7.90. The van der Waals surface area contributed by atoms with E-state index >= 15 is 0 Å². The summed E-state index contributed by atoms with van der Waals surface area (Å²) in [6, 6.07) is 14.9. The number of rotatable bonds is 8. The van der Waals surface area contributed by atoms with Crippen molar-refractivity contribution in [3.05, 3.63) is 76.3 Å². The molecular formula is C24H21ClN2O5S. The molecule has 0 aliphatic heterocycles. The molecule has 2 N–H and O–H groups in total. The predicted octanol–water partition coefficient (Wildman–Crippen LogP) is 6.23. The lowest BCUT2D eigenvalue weighted by atomic mass is 10.2. The zero-order chi connectivity index (χ0) is 23.2. The molecule has 0 saturated heterocycles. The molecule has 2 heterocycles. The number of nitrogens with zero attached hydrogens (tertiary/aromatic N) is 1. The van der Waals surface area contributed by atoms with Gasteiger partial charge in [-0.1, -0.05) is 29.8 Å². The van der Waals surface area contributed by atoms with Crippen molar-refractivity contribution < 1.29 is 23.7 Å². The molecule has 0 bridgehead atoms. The second kappa shape index (κ2) is 10.4. The predicted molar refractivity (Wildman–Crippen MR) is 128 cm³/mol. The highest BCUT2D eigenvalue weighted by Gasteiger charge is 2.17. The van der Waals surface area contributed by atoms with E-state index in [0.29, 0.717) is 44.8 Å². The average Bonchev–Trinajstić information content (AvgIpc) is 3.24. The molecule has 7 nitrogen and oxygen atoms in total. The first-order valence-corrected chi connectivity index (χ1v) is 11.4. The standard InChI is InChI=1S/C24H21ClN2O5S/c1-2-29-24(28)32-20-11-27-23(26)21-16(14-33-22(20)21)13-31-19-8-4-7-18(10-19)30-12-15-5-3-6-17(25)9-15/h3-11,14H,2,12-13H2,1H3,(H2,26,27). The van der Waals surface area contributed by atoms with Gasteiger partial charge in [0.15, 0.2) is 5.75 Å². The lowest BCUT2D eigenvalue weighted by Crippen LogP contribution is -2.10. The molecule has 0 amide bonds. The van der Waals surface area contributed by atoms with Crippen molar-refractivity contribution in [2.24, 2.45) is 0 Å². The summed E-state index contributed by atoms with van der Waals surface area (Å²) < 4.78 is 22.6. The summed E-state index contributed by atoms with van der Waals surface area (Å²) in [4.78, 5) is 15.9. The van der Waals surface area contributed by atoms with Gasteiger partial charge in [-0.2, -0.15) is 0 Å². The van der Waals surface area contributed by atoms with Crippen LogP contribution in [0.4, 0.5) is 10.6 Å². The number of ether oxygens (including phenoxy) is 4. The third-order valence-electron chi connectivity index (χ3n) is 4.62. The van der Waals surface area contributed by atoms with Crippen molar-refractivity contribution in [1.29, 1.82) is 0 Å². The van der Waals surface area contributed by atoms with Gasteiger partial charge in [0.05, 0.1) is 17.5 Å². The molecule has 170 valence electrons. The van der Waals surface area contributed by atoms with Crippen molar-refractivity contribution >= 4 is 45.0 Å². The Balaban J connectivity index is 1.45. The van der Waals surface area contributed by atoms with E-state index in [1.165, 1.54) is 17.5 Å². The van der Waals surface area contributed by atoms with Crippen LogP contribution in [0.1, 0.15) is 18.1 Å². The number of carbonyl (C=O) groups is 1. The van der Waals surface area contributed by atoms with Crippen LogP contribution in [0, 0.1) is 0 Å². The average molecular weight is 485 g/mol. The van der Waals surface area contributed by atoms with Gasteiger partial charge in [-0.15, -0.1) is 11.3 Å². The van der Waals surface area contributed by atoms with Gasteiger partial charge < -0.3 is 24.7 Å². The van der Waals surface area contributed by atoms with Crippen LogP contribution in [-0.2, 0) is 18.0 Å². The number of carbonyl (C=O) groups excluding carboxylic acids is 1. The van der Waals surface area contributed by atoms with Crippen molar-refractivity contribution in [3.63, 3.8) is 0 Å². The van der Waals surface area contributed by atoms with Crippen molar-refractivity contribution in [1.82, 2.24) is 4.98 Å². The fourth-order valence-corrected chi connectivity index (χ4v) is 4.35. The van der Waals surface area contributed by atoms with Gasteiger partial charge in [-0.3, -0.25) is 0 Å². The molecular weight excluding hydrogens is 464 g/mol. The van der Waals surface area contributed by atoms with E-state index in [4.69, 9.17) is 36.3 Å². The molecule has 0 aliphatic rings. The molecule has 0 saturated carbocycles. The second-order valence-electron chi connectivity index (χ2n) is 6.94. The van der Waals surface area contributed by atoms with Crippen molar-refractivity contribution in [3.8, 4) is 17.2 Å². The maximum absolute atomic E-state index is 11.7. The highest BCUT2D eigenvalue weighted by molar-refractivity contribution is 7.17. The van der Waals surface area contributed by atoms with Crippen molar-refractivity contribution in [2.75, 3.05) is 12.3 Å². The van der Waals surface area contributed by atoms with E-state index < -0.39 is 6.16 Å². The minimum Gasteiger partial charge on any atom is -0.489 e. The van der Waals surface area contributed by atoms with Crippen LogP contribution in [0.15, 0.2) is 60.1 Å². The van der Waals surface area contributed by atoms with Gasteiger partial charge in [0.1, 0.15) is 30.5 Å². The maximum Gasteiger partial charge on any atom is 0.513 e. The Morgan fingerprint density at radius 2 is 1.85 bits per heavy atom. The summed E-state index contributed by atoms with van der Waals surface area (Å²) in [5.74, 6) is 1.95. The molecule has 9 heteroatoms. The zero-order valence-corrected chi connectivity index (χ0v) is 19.3. The number of fused-ring (bicyclic) bond motifs is 1. The van der Waals surface area contributed by atoms with Crippen LogP contribution in [0.5, 0.6) is 17.2 Å². The third kappa shape index (κ3) is 5.66. The number of aromatic nitrogens is 1. The molecule has 0 atom stereocenters. The summed E-state index contributed by atoms with van der Waals surface area (Å²) >= 11 is 7.42. The Labute approximate surface area is 199 Å². The molecule has 33 heavy (non-hydrogen) atoms. The number of nitrogens with two attached hydrogens (primary N) is 1.